The Kier molecular flexibility index (Phi) is 9.09. The van der Waals surface area contributed by atoms with Gasteiger partial charge in [-0.2, -0.15) is 0 Å². The summed E-state index contributed by atoms with van der Waals surface area (Å²) in [5.41, 5.74) is 6.61. The van der Waals surface area contributed by atoms with Gasteiger partial charge in [-0.25, -0.2) is 9.37 Å². The van der Waals surface area contributed by atoms with Gasteiger partial charge in [0.1, 0.15) is 17.8 Å². The van der Waals surface area contributed by atoms with Gasteiger partial charge in [-0.15, -0.1) is 0 Å². The molecule has 0 atom stereocenters. The highest BCUT2D eigenvalue weighted by atomic mass is 35.5. The Morgan fingerprint density at radius 1 is 1.00 bits per heavy atom. The van der Waals surface area contributed by atoms with Crippen LogP contribution in [-0.4, -0.2) is 58.4 Å². The monoisotopic (exact) mass is 540 g/mol. The van der Waals surface area contributed by atoms with E-state index in [2.05, 4.69) is 20.5 Å². The second kappa shape index (κ2) is 12.7. The van der Waals surface area contributed by atoms with Crippen LogP contribution < -0.4 is 16.4 Å². The van der Waals surface area contributed by atoms with Gasteiger partial charge < -0.3 is 21.3 Å². The lowest BCUT2D eigenvalue weighted by Crippen LogP contribution is -2.28. The van der Waals surface area contributed by atoms with E-state index >= 15 is 0 Å². The number of nitrogens with zero attached hydrogens (tertiary/aromatic N) is 3. The number of benzene rings is 2. The van der Waals surface area contributed by atoms with Gasteiger partial charge in [0, 0.05) is 17.9 Å². The number of nitrogens with two attached hydrogens (primary N) is 1. The molecule has 0 bridgehead atoms. The van der Waals surface area contributed by atoms with Crippen LogP contribution in [0.25, 0.3) is 5.69 Å². The number of hydrogen-bond donors (Lipinski definition) is 3. The Morgan fingerprint density at radius 3 is 2.42 bits per heavy atom. The Morgan fingerprint density at radius 2 is 1.74 bits per heavy atom. The number of amides is 3. The Balaban J connectivity index is 1.36. The van der Waals surface area contributed by atoms with Crippen molar-refractivity contribution in [3.63, 3.8) is 0 Å². The van der Waals surface area contributed by atoms with Crippen molar-refractivity contribution >= 4 is 35.0 Å². The number of primary amides is 1. The molecule has 1 aromatic heterocycles. The number of nitrogens with one attached hydrogen (secondary N) is 2. The SMILES string of the molecule is NC(=O)c1c(C(=O)NCCCCCN2CCCC2)ncn1-c1ccc(NC(=O)c2ccc(F)cc2Cl)cc1. The predicted octanol–water partition coefficient (Wildman–Crippen LogP) is 4.01. The van der Waals surface area contributed by atoms with Gasteiger partial charge in [-0.3, -0.25) is 19.0 Å². The minimum absolute atomic E-state index is 0.00322. The molecular formula is C27H30ClFN6O3. The summed E-state index contributed by atoms with van der Waals surface area (Å²) in [5, 5.41) is 5.50. The van der Waals surface area contributed by atoms with E-state index in [1.165, 1.54) is 42.9 Å². The van der Waals surface area contributed by atoms with Crippen molar-refractivity contribution in [2.24, 2.45) is 5.73 Å². The largest absolute Gasteiger partial charge is 0.364 e. The summed E-state index contributed by atoms with van der Waals surface area (Å²) in [6.07, 6.45) is 6.84. The number of unbranched alkanes of at least 4 members (excludes halogenated alkanes) is 2. The molecule has 0 saturated carbocycles. The zero-order valence-corrected chi connectivity index (χ0v) is 21.6. The molecule has 1 saturated heterocycles. The predicted molar refractivity (Wildman–Crippen MR) is 143 cm³/mol. The average molecular weight is 541 g/mol. The fourth-order valence-corrected chi connectivity index (χ4v) is 4.71. The molecular weight excluding hydrogens is 511 g/mol. The highest BCUT2D eigenvalue weighted by Crippen LogP contribution is 2.21. The van der Waals surface area contributed by atoms with Crippen LogP contribution in [0.4, 0.5) is 10.1 Å². The zero-order chi connectivity index (χ0) is 27.1. The van der Waals surface area contributed by atoms with Crippen LogP contribution >= 0.6 is 11.6 Å². The van der Waals surface area contributed by atoms with Crippen LogP contribution in [0.2, 0.25) is 5.02 Å². The van der Waals surface area contributed by atoms with Crippen molar-refractivity contribution in [1.82, 2.24) is 19.8 Å². The summed E-state index contributed by atoms with van der Waals surface area (Å²) < 4.78 is 14.7. The summed E-state index contributed by atoms with van der Waals surface area (Å²) in [6.45, 7) is 3.93. The summed E-state index contributed by atoms with van der Waals surface area (Å²) in [7, 11) is 0. The number of anilines is 1. The van der Waals surface area contributed by atoms with Crippen LogP contribution in [0.3, 0.4) is 0 Å². The van der Waals surface area contributed by atoms with E-state index in [0.717, 1.165) is 37.9 Å². The molecule has 0 aliphatic carbocycles. The number of hydrogen-bond acceptors (Lipinski definition) is 5. The first-order chi connectivity index (χ1) is 18.3. The third-order valence-corrected chi connectivity index (χ3v) is 6.74. The van der Waals surface area contributed by atoms with E-state index < -0.39 is 23.5 Å². The van der Waals surface area contributed by atoms with Gasteiger partial charge in [-0.1, -0.05) is 18.0 Å². The average Bonchev–Trinajstić information content (AvgIpc) is 3.57. The molecule has 0 unspecified atom stereocenters. The molecule has 1 aliphatic rings. The third-order valence-electron chi connectivity index (χ3n) is 6.43. The molecule has 3 amide bonds. The number of likely N-dealkylation sites (tertiary alicyclic amines) is 1. The molecule has 2 heterocycles. The van der Waals surface area contributed by atoms with E-state index in [1.54, 1.807) is 24.3 Å². The Bertz CT molecular complexity index is 1300. The van der Waals surface area contributed by atoms with Gasteiger partial charge in [0.15, 0.2) is 5.69 Å². The maximum absolute atomic E-state index is 13.3. The van der Waals surface area contributed by atoms with Gasteiger partial charge in [0.25, 0.3) is 17.7 Å². The second-order valence-electron chi connectivity index (χ2n) is 9.17. The van der Waals surface area contributed by atoms with E-state index in [0.29, 0.717) is 17.9 Å². The molecule has 200 valence electrons. The van der Waals surface area contributed by atoms with E-state index in [-0.39, 0.29) is 22.0 Å². The second-order valence-corrected chi connectivity index (χ2v) is 9.57. The minimum Gasteiger partial charge on any atom is -0.364 e. The van der Waals surface area contributed by atoms with Crippen LogP contribution in [0.1, 0.15) is 63.4 Å². The standard InChI is InChI=1S/C27H30ClFN6O3/c28-22-16-18(29)6-11-21(22)26(37)33-19-7-9-20(10-8-19)35-17-32-23(24(35)25(30)36)27(38)31-12-2-1-3-13-34-14-4-5-15-34/h6-11,16-17H,1-5,12-15H2,(H2,30,36)(H,31,38)(H,33,37). The third kappa shape index (κ3) is 6.76. The Labute approximate surface area is 225 Å². The molecule has 1 fully saturated rings. The Hall–Kier alpha value is -3.76. The highest BCUT2D eigenvalue weighted by Gasteiger charge is 2.23. The van der Waals surface area contributed by atoms with Crippen molar-refractivity contribution in [1.29, 1.82) is 0 Å². The van der Waals surface area contributed by atoms with Crippen LogP contribution in [0.5, 0.6) is 0 Å². The van der Waals surface area contributed by atoms with Crippen LogP contribution in [-0.2, 0) is 0 Å². The van der Waals surface area contributed by atoms with Gasteiger partial charge in [0.2, 0.25) is 0 Å². The molecule has 4 rings (SSSR count). The topological polar surface area (TPSA) is 122 Å². The molecule has 4 N–H and O–H groups in total. The first-order valence-electron chi connectivity index (χ1n) is 12.6. The normalized spacial score (nSPS) is 13.4. The fourth-order valence-electron chi connectivity index (χ4n) is 4.45. The van der Waals surface area contributed by atoms with Crippen LogP contribution in [0.15, 0.2) is 48.8 Å². The molecule has 0 spiro atoms. The van der Waals surface area contributed by atoms with E-state index in [1.807, 2.05) is 0 Å². The smallest absolute Gasteiger partial charge is 0.272 e. The van der Waals surface area contributed by atoms with Crippen LogP contribution in [0, 0.1) is 5.82 Å². The molecule has 38 heavy (non-hydrogen) atoms. The molecule has 9 nitrogen and oxygen atoms in total. The lowest BCUT2D eigenvalue weighted by atomic mass is 10.2. The lowest BCUT2D eigenvalue weighted by molar-refractivity contribution is 0.0929. The number of halogens is 2. The summed E-state index contributed by atoms with van der Waals surface area (Å²) in [4.78, 5) is 44.0. The van der Waals surface area contributed by atoms with Crippen molar-refractivity contribution < 1.29 is 18.8 Å². The quantitative estimate of drug-likeness (QED) is 0.317. The highest BCUT2D eigenvalue weighted by molar-refractivity contribution is 6.34. The molecule has 1 aliphatic heterocycles. The molecule has 3 aromatic rings. The zero-order valence-electron chi connectivity index (χ0n) is 20.9. The van der Waals surface area contributed by atoms with Gasteiger partial charge in [0.05, 0.1) is 10.6 Å². The maximum atomic E-state index is 13.3. The lowest BCUT2D eigenvalue weighted by Gasteiger charge is -2.13. The first-order valence-corrected chi connectivity index (χ1v) is 13.0. The molecule has 2 aromatic carbocycles. The number of rotatable bonds is 11. The minimum atomic E-state index is -0.790. The molecule has 11 heteroatoms. The summed E-state index contributed by atoms with van der Waals surface area (Å²) in [6, 6.07) is 10.0. The van der Waals surface area contributed by atoms with Crippen molar-refractivity contribution in [2.45, 2.75) is 32.1 Å². The number of imidazole rings is 1. The molecule has 0 radical (unpaired) electrons. The van der Waals surface area contributed by atoms with Gasteiger partial charge >= 0.3 is 0 Å². The number of aromatic nitrogens is 2. The van der Waals surface area contributed by atoms with E-state index in [9.17, 15) is 18.8 Å². The van der Waals surface area contributed by atoms with Crippen molar-refractivity contribution in [3.05, 3.63) is 76.6 Å². The van der Waals surface area contributed by atoms with Gasteiger partial charge in [-0.05, 0) is 87.8 Å². The summed E-state index contributed by atoms with van der Waals surface area (Å²) >= 11 is 5.96. The fraction of sp³-hybridized carbons (Fsp3) is 0.333. The summed E-state index contributed by atoms with van der Waals surface area (Å²) in [5.74, 6) is -2.29. The van der Waals surface area contributed by atoms with Crippen molar-refractivity contribution in [3.8, 4) is 5.69 Å². The maximum Gasteiger partial charge on any atom is 0.272 e. The van der Waals surface area contributed by atoms with E-state index in [4.69, 9.17) is 17.3 Å². The number of carbonyl (C=O) groups is 3. The van der Waals surface area contributed by atoms with Crippen molar-refractivity contribution in [2.75, 3.05) is 31.5 Å². The first kappa shape index (κ1) is 27.3. The number of carbonyl (C=O) groups excluding carboxylic acids is 3.